The van der Waals surface area contributed by atoms with Crippen molar-refractivity contribution in [2.45, 2.75) is 45.4 Å². The van der Waals surface area contributed by atoms with Crippen LogP contribution >= 0.6 is 0 Å². The SMILES string of the molecule is CCCCOc1ccc(C(C)(CC=Cc2ccc(F)c(Oc3ccccc3)c2)C(C)=O)cc1. The number of para-hydroxylation sites is 1. The number of Topliss-reactive ketones (excluding diaryl/α,β-unsaturated/α-hetero) is 1. The number of benzene rings is 3. The molecule has 3 nitrogen and oxygen atoms in total. The Morgan fingerprint density at radius 2 is 1.73 bits per heavy atom. The second kappa shape index (κ2) is 11.5. The zero-order chi connectivity index (χ0) is 23.7. The highest BCUT2D eigenvalue weighted by molar-refractivity contribution is 5.88. The predicted molar refractivity (Wildman–Crippen MR) is 131 cm³/mol. The highest BCUT2D eigenvalue weighted by Gasteiger charge is 2.30. The molecule has 4 heteroatoms. The van der Waals surface area contributed by atoms with Crippen LogP contribution in [0.2, 0.25) is 0 Å². The van der Waals surface area contributed by atoms with Crippen molar-refractivity contribution in [1.82, 2.24) is 0 Å². The fourth-order valence-corrected chi connectivity index (χ4v) is 3.47. The summed E-state index contributed by atoms with van der Waals surface area (Å²) in [5, 5.41) is 0. The molecular formula is C29H31FO3. The Morgan fingerprint density at radius 3 is 2.39 bits per heavy atom. The third kappa shape index (κ3) is 6.55. The Bertz CT molecular complexity index is 1070. The van der Waals surface area contributed by atoms with E-state index in [2.05, 4.69) is 6.92 Å². The Morgan fingerprint density at radius 1 is 1.00 bits per heavy atom. The van der Waals surface area contributed by atoms with Gasteiger partial charge in [0.1, 0.15) is 17.3 Å². The third-order valence-electron chi connectivity index (χ3n) is 5.80. The predicted octanol–water partition coefficient (Wildman–Crippen LogP) is 7.75. The lowest BCUT2D eigenvalue weighted by atomic mass is 9.76. The molecule has 172 valence electrons. The lowest BCUT2D eigenvalue weighted by Crippen LogP contribution is -2.29. The smallest absolute Gasteiger partial charge is 0.165 e. The molecule has 0 aliphatic rings. The average molecular weight is 447 g/mol. The summed E-state index contributed by atoms with van der Waals surface area (Å²) in [6.45, 7) is 6.38. The average Bonchev–Trinajstić information content (AvgIpc) is 2.82. The second-order valence-corrected chi connectivity index (χ2v) is 8.33. The van der Waals surface area contributed by atoms with Crippen LogP contribution in [-0.4, -0.2) is 12.4 Å². The van der Waals surface area contributed by atoms with Crippen molar-refractivity contribution in [2.24, 2.45) is 0 Å². The molecule has 0 N–H and O–H groups in total. The quantitative estimate of drug-likeness (QED) is 0.283. The first-order valence-electron chi connectivity index (χ1n) is 11.4. The van der Waals surface area contributed by atoms with Crippen molar-refractivity contribution in [1.29, 1.82) is 0 Å². The number of rotatable bonds is 11. The number of hydrogen-bond acceptors (Lipinski definition) is 3. The van der Waals surface area contributed by atoms with Crippen LogP contribution in [0.1, 0.15) is 51.2 Å². The molecule has 3 rings (SSSR count). The van der Waals surface area contributed by atoms with Crippen LogP contribution in [0.3, 0.4) is 0 Å². The molecule has 0 fully saturated rings. The van der Waals surface area contributed by atoms with Crippen LogP contribution in [0, 0.1) is 5.82 Å². The third-order valence-corrected chi connectivity index (χ3v) is 5.80. The number of halogens is 1. The van der Waals surface area contributed by atoms with Gasteiger partial charge in [-0.2, -0.15) is 0 Å². The maximum absolute atomic E-state index is 14.2. The van der Waals surface area contributed by atoms with E-state index in [-0.39, 0.29) is 11.5 Å². The molecule has 0 saturated heterocycles. The Labute approximate surface area is 195 Å². The van der Waals surface area contributed by atoms with E-state index in [0.29, 0.717) is 18.8 Å². The maximum Gasteiger partial charge on any atom is 0.165 e. The second-order valence-electron chi connectivity index (χ2n) is 8.33. The van der Waals surface area contributed by atoms with Gasteiger partial charge in [0.2, 0.25) is 0 Å². The minimum Gasteiger partial charge on any atom is -0.494 e. The number of carbonyl (C=O) groups excluding carboxylic acids is 1. The minimum absolute atomic E-state index is 0.0824. The van der Waals surface area contributed by atoms with Gasteiger partial charge < -0.3 is 9.47 Å². The molecule has 0 bridgehead atoms. The van der Waals surface area contributed by atoms with Gasteiger partial charge in [-0.15, -0.1) is 0 Å². The summed E-state index contributed by atoms with van der Waals surface area (Å²) >= 11 is 0. The van der Waals surface area contributed by atoms with E-state index in [4.69, 9.17) is 9.47 Å². The van der Waals surface area contributed by atoms with Crippen molar-refractivity contribution >= 4 is 11.9 Å². The summed E-state index contributed by atoms with van der Waals surface area (Å²) in [5.41, 5.74) is 1.07. The number of carbonyl (C=O) groups is 1. The van der Waals surface area contributed by atoms with Crippen LogP contribution in [0.25, 0.3) is 6.08 Å². The molecule has 0 amide bonds. The summed E-state index contributed by atoms with van der Waals surface area (Å²) < 4.78 is 25.6. The monoisotopic (exact) mass is 446 g/mol. The van der Waals surface area contributed by atoms with Crippen molar-refractivity contribution in [3.05, 3.63) is 95.8 Å². The van der Waals surface area contributed by atoms with E-state index in [9.17, 15) is 9.18 Å². The molecule has 1 unspecified atom stereocenters. The number of ether oxygens (including phenoxy) is 2. The van der Waals surface area contributed by atoms with E-state index in [1.165, 1.54) is 6.07 Å². The van der Waals surface area contributed by atoms with Crippen LogP contribution in [0.15, 0.2) is 78.9 Å². The molecule has 1 atom stereocenters. The molecular weight excluding hydrogens is 415 g/mol. The zero-order valence-corrected chi connectivity index (χ0v) is 19.5. The fourth-order valence-electron chi connectivity index (χ4n) is 3.47. The van der Waals surface area contributed by atoms with Gasteiger partial charge in [0.25, 0.3) is 0 Å². The van der Waals surface area contributed by atoms with Gasteiger partial charge in [-0.25, -0.2) is 4.39 Å². The van der Waals surface area contributed by atoms with Gasteiger partial charge in [0.05, 0.1) is 12.0 Å². The molecule has 0 radical (unpaired) electrons. The van der Waals surface area contributed by atoms with Gasteiger partial charge in [-0.1, -0.05) is 61.9 Å². The van der Waals surface area contributed by atoms with Crippen molar-refractivity contribution in [2.75, 3.05) is 6.61 Å². The van der Waals surface area contributed by atoms with Gasteiger partial charge in [-0.3, -0.25) is 4.79 Å². The van der Waals surface area contributed by atoms with E-state index in [1.807, 2.05) is 61.5 Å². The summed E-state index contributed by atoms with van der Waals surface area (Å²) in [4.78, 5) is 12.6. The van der Waals surface area contributed by atoms with Gasteiger partial charge in [0, 0.05) is 0 Å². The first-order chi connectivity index (χ1) is 15.9. The number of hydrogen-bond donors (Lipinski definition) is 0. The maximum atomic E-state index is 14.2. The summed E-state index contributed by atoms with van der Waals surface area (Å²) in [7, 11) is 0. The van der Waals surface area contributed by atoms with Crippen LogP contribution in [0.5, 0.6) is 17.2 Å². The van der Waals surface area contributed by atoms with E-state index < -0.39 is 11.2 Å². The van der Waals surface area contributed by atoms with Crippen LogP contribution in [-0.2, 0) is 10.2 Å². The molecule has 3 aromatic carbocycles. The number of ketones is 1. The number of allylic oxidation sites excluding steroid dienone is 1. The lowest BCUT2D eigenvalue weighted by Gasteiger charge is -2.26. The first kappa shape index (κ1) is 24.2. The molecule has 0 aliphatic heterocycles. The lowest BCUT2D eigenvalue weighted by molar-refractivity contribution is -0.121. The van der Waals surface area contributed by atoms with Crippen molar-refractivity contribution in [3.8, 4) is 17.2 Å². The molecule has 3 aromatic rings. The molecule has 0 saturated carbocycles. The van der Waals surface area contributed by atoms with Crippen LogP contribution in [0.4, 0.5) is 4.39 Å². The zero-order valence-electron chi connectivity index (χ0n) is 19.5. The van der Waals surface area contributed by atoms with Gasteiger partial charge in [-0.05, 0) is 74.2 Å². The highest BCUT2D eigenvalue weighted by Crippen LogP contribution is 2.32. The summed E-state index contributed by atoms with van der Waals surface area (Å²) in [6.07, 6.45) is 6.46. The molecule has 0 aromatic heterocycles. The van der Waals surface area contributed by atoms with Crippen LogP contribution < -0.4 is 9.47 Å². The Hall–Kier alpha value is -3.40. The Balaban J connectivity index is 1.72. The molecule has 0 aliphatic carbocycles. The van der Waals surface area contributed by atoms with E-state index in [0.717, 1.165) is 29.7 Å². The number of unbranched alkanes of at least 4 members (excludes halogenated alkanes) is 1. The largest absolute Gasteiger partial charge is 0.494 e. The van der Waals surface area contributed by atoms with Gasteiger partial charge >= 0.3 is 0 Å². The van der Waals surface area contributed by atoms with Crippen molar-refractivity contribution < 1.29 is 18.7 Å². The topological polar surface area (TPSA) is 35.5 Å². The van der Waals surface area contributed by atoms with E-state index >= 15 is 0 Å². The fraction of sp³-hybridized carbons (Fsp3) is 0.276. The Kier molecular flexibility index (Phi) is 8.42. The summed E-state index contributed by atoms with van der Waals surface area (Å²) in [6, 6.07) is 21.6. The molecule has 33 heavy (non-hydrogen) atoms. The minimum atomic E-state index is -0.665. The standard InChI is InChI=1S/C29H31FO3/c1-4-5-20-32-25-16-14-24(15-17-25)29(3,22(2)31)19-9-10-23-13-18-27(30)28(21-23)33-26-11-7-6-8-12-26/h6-18,21H,4-5,19-20H2,1-3H3. The molecule has 0 spiro atoms. The summed E-state index contributed by atoms with van der Waals surface area (Å²) in [5.74, 6) is 1.20. The van der Waals surface area contributed by atoms with Crippen molar-refractivity contribution in [3.63, 3.8) is 0 Å². The normalized spacial score (nSPS) is 13.0. The molecule has 0 heterocycles. The first-order valence-corrected chi connectivity index (χ1v) is 11.4. The highest BCUT2D eigenvalue weighted by atomic mass is 19.1. The van der Waals surface area contributed by atoms with Gasteiger partial charge in [0.15, 0.2) is 11.6 Å². The van der Waals surface area contributed by atoms with E-state index in [1.54, 1.807) is 31.2 Å².